The third-order valence-electron chi connectivity index (χ3n) is 9.56. The molecule has 23 heteroatoms. The third-order valence-corrected chi connectivity index (χ3v) is 9.56. The molecule has 0 aliphatic rings. The van der Waals surface area contributed by atoms with Gasteiger partial charge in [-0.1, -0.05) is 38.1 Å². The van der Waals surface area contributed by atoms with Crippen molar-refractivity contribution in [1.29, 1.82) is 0 Å². The molecular formula is C41H59N9O14. The molecular weight excluding hydrogens is 842 g/mol. The van der Waals surface area contributed by atoms with Crippen molar-refractivity contribution >= 4 is 53.3 Å². The van der Waals surface area contributed by atoms with Crippen LogP contribution in [0, 0.1) is 5.92 Å². The minimum absolute atomic E-state index is 0.00351. The van der Waals surface area contributed by atoms with Crippen LogP contribution in [0.4, 0.5) is 0 Å². The number of rotatable bonds is 27. The summed E-state index contributed by atoms with van der Waals surface area (Å²) in [6.07, 6.45) is -0.175. The van der Waals surface area contributed by atoms with Gasteiger partial charge in [-0.25, -0.2) is 0 Å². The highest BCUT2D eigenvalue weighted by molar-refractivity contribution is 5.98. The van der Waals surface area contributed by atoms with E-state index in [2.05, 4.69) is 37.2 Å². The number of aliphatic carboxylic acids is 2. The van der Waals surface area contributed by atoms with Gasteiger partial charge in [-0.3, -0.25) is 43.2 Å². The van der Waals surface area contributed by atoms with Crippen LogP contribution in [-0.4, -0.2) is 141 Å². The van der Waals surface area contributed by atoms with Crippen molar-refractivity contribution in [2.75, 3.05) is 19.7 Å². The summed E-state index contributed by atoms with van der Waals surface area (Å²) >= 11 is 0. The summed E-state index contributed by atoms with van der Waals surface area (Å²) < 4.78 is 0. The van der Waals surface area contributed by atoms with Gasteiger partial charge in [-0.15, -0.1) is 0 Å². The Bertz CT molecular complexity index is 1930. The smallest absolute Gasteiger partial charge is 0.322 e. The maximum Gasteiger partial charge on any atom is 0.322 e. The second kappa shape index (κ2) is 26.6. The van der Waals surface area contributed by atoms with Crippen molar-refractivity contribution < 1.29 is 68.7 Å². The largest absolute Gasteiger partial charge is 0.508 e. The number of benzene rings is 2. The van der Waals surface area contributed by atoms with Crippen LogP contribution in [0.25, 0.3) is 0 Å². The monoisotopic (exact) mass is 901 g/mol. The highest BCUT2D eigenvalue weighted by Crippen LogP contribution is 2.14. The fourth-order valence-electron chi connectivity index (χ4n) is 5.96. The number of amides is 7. The number of aromatic hydroxyl groups is 2. The molecule has 0 bridgehead atoms. The molecule has 0 spiro atoms. The molecule has 64 heavy (non-hydrogen) atoms. The zero-order valence-corrected chi connectivity index (χ0v) is 35.7. The first kappa shape index (κ1) is 53.3. The summed E-state index contributed by atoms with van der Waals surface area (Å²) in [5, 5.41) is 64.2. The van der Waals surface area contributed by atoms with Gasteiger partial charge in [0.2, 0.25) is 41.4 Å². The van der Waals surface area contributed by atoms with E-state index in [1.165, 1.54) is 43.3 Å². The number of carboxylic acid groups (broad SMARTS) is 2. The highest BCUT2D eigenvalue weighted by Gasteiger charge is 2.34. The molecule has 2 rings (SSSR count). The molecule has 0 aromatic heterocycles. The Labute approximate surface area is 368 Å². The number of carbonyl (C=O) groups excluding carboxylic acids is 7. The van der Waals surface area contributed by atoms with Crippen LogP contribution in [0.15, 0.2) is 48.5 Å². The van der Waals surface area contributed by atoms with Gasteiger partial charge in [-0.05, 0) is 80.5 Å². The van der Waals surface area contributed by atoms with E-state index in [1.54, 1.807) is 26.0 Å². The quantitative estimate of drug-likeness (QED) is 0.0389. The lowest BCUT2D eigenvalue weighted by atomic mass is 10.0. The number of aliphatic hydroxyl groups is 1. The van der Waals surface area contributed by atoms with Crippen molar-refractivity contribution in [2.45, 2.75) is 102 Å². The molecule has 0 saturated carbocycles. The Balaban J connectivity index is 2.18. The van der Waals surface area contributed by atoms with Crippen molar-refractivity contribution in [2.24, 2.45) is 17.4 Å². The number of phenolic OH excluding ortho intramolecular Hbond substituents is 2. The van der Waals surface area contributed by atoms with E-state index in [4.69, 9.17) is 16.6 Å². The van der Waals surface area contributed by atoms with E-state index in [-0.39, 0.29) is 37.3 Å². The number of nitrogens with two attached hydrogens (primary N) is 2. The van der Waals surface area contributed by atoms with Gasteiger partial charge in [0.25, 0.3) is 0 Å². The van der Waals surface area contributed by atoms with Crippen LogP contribution < -0.4 is 48.7 Å². The molecule has 352 valence electrons. The number of carboxylic acids is 2. The molecule has 2 aromatic rings. The maximum absolute atomic E-state index is 13.6. The summed E-state index contributed by atoms with van der Waals surface area (Å²) in [6.45, 7) is 2.80. The standard InChI is InChI=1S/C41H59N9O14/c1-21(2)34(41(64)46-28(6-4-5-15-42)37(60)44-19-33(56)57)50-40(63)31(20-51)49-39(62)30(18-32(54)55)47-35(58)22(3)45-38(61)29(17-24-9-13-26(53)14-10-24)48-36(59)27(43)16-23-7-11-25(52)12-8-23/h7-14,21-22,27-31,34,51-53H,4-6,15-20,42-43H2,1-3H3,(H,44,60)(H,45,61)(H,46,64)(H,47,58)(H,48,59)(H,49,62)(H,50,63)(H,54,55)(H,56,57)/t22-,27-,28-,29-,30-,31-,34-/m0/s1. The van der Waals surface area contributed by atoms with Gasteiger partial charge in [0, 0.05) is 6.42 Å². The minimum atomic E-state index is -1.88. The lowest BCUT2D eigenvalue weighted by Crippen LogP contribution is -2.61. The second-order valence-electron chi connectivity index (χ2n) is 15.2. The van der Waals surface area contributed by atoms with E-state index in [9.17, 15) is 63.6 Å². The predicted octanol–water partition coefficient (Wildman–Crippen LogP) is -3.41. The van der Waals surface area contributed by atoms with Crippen LogP contribution in [0.3, 0.4) is 0 Å². The average molecular weight is 902 g/mol. The number of aliphatic hydroxyl groups excluding tert-OH is 1. The molecule has 7 atom stereocenters. The molecule has 0 fully saturated rings. The number of hydrogen-bond donors (Lipinski definition) is 14. The number of unbranched alkanes of at least 4 members (excludes halogenated alkanes) is 1. The minimum Gasteiger partial charge on any atom is -0.508 e. The van der Waals surface area contributed by atoms with Gasteiger partial charge in [0.15, 0.2) is 0 Å². The summed E-state index contributed by atoms with van der Waals surface area (Å²) in [5.41, 5.74) is 12.7. The normalized spacial score (nSPS) is 14.2. The molecule has 23 nitrogen and oxygen atoms in total. The molecule has 7 amide bonds. The van der Waals surface area contributed by atoms with Crippen molar-refractivity contribution in [3.8, 4) is 11.5 Å². The van der Waals surface area contributed by atoms with E-state index in [1.807, 2.05) is 0 Å². The lowest BCUT2D eigenvalue weighted by molar-refractivity contribution is -0.142. The summed E-state index contributed by atoms with van der Waals surface area (Å²) in [6, 6.07) is 1.46. The number of phenols is 2. The van der Waals surface area contributed by atoms with Gasteiger partial charge in [0.05, 0.1) is 19.1 Å². The second-order valence-corrected chi connectivity index (χ2v) is 15.2. The van der Waals surface area contributed by atoms with Crippen molar-refractivity contribution in [3.05, 3.63) is 59.7 Å². The van der Waals surface area contributed by atoms with E-state index in [0.29, 0.717) is 24.0 Å². The van der Waals surface area contributed by atoms with Crippen LogP contribution in [0.2, 0.25) is 0 Å². The first-order valence-corrected chi connectivity index (χ1v) is 20.3. The molecule has 0 aliphatic heterocycles. The van der Waals surface area contributed by atoms with E-state index in [0.717, 1.165) is 0 Å². The van der Waals surface area contributed by atoms with Gasteiger partial charge >= 0.3 is 11.9 Å². The van der Waals surface area contributed by atoms with Crippen LogP contribution in [0.1, 0.15) is 57.6 Å². The Morgan fingerprint density at radius 3 is 1.58 bits per heavy atom. The number of carbonyl (C=O) groups is 9. The van der Waals surface area contributed by atoms with E-state index < -0.39 is 121 Å². The zero-order valence-electron chi connectivity index (χ0n) is 35.7. The Morgan fingerprint density at radius 1 is 0.562 bits per heavy atom. The SMILES string of the molecule is CC(C)[C@H](NC(=O)[C@H](CO)NC(=O)[C@H](CC(=O)O)NC(=O)[C@H](C)NC(=O)[C@H](Cc1ccc(O)cc1)NC(=O)[C@@H](N)Cc1ccc(O)cc1)C(=O)N[C@@H](CCCCN)C(=O)NCC(=O)O. The first-order chi connectivity index (χ1) is 30.1. The molecule has 0 radical (unpaired) electrons. The zero-order chi connectivity index (χ0) is 48.1. The Hall–Kier alpha value is -6.85. The molecule has 0 aliphatic carbocycles. The Kier molecular flexibility index (Phi) is 22.1. The van der Waals surface area contributed by atoms with Crippen LogP contribution >= 0.6 is 0 Å². The molecule has 0 saturated heterocycles. The van der Waals surface area contributed by atoms with Crippen LogP contribution in [0.5, 0.6) is 11.5 Å². The van der Waals surface area contributed by atoms with Crippen molar-refractivity contribution in [3.63, 3.8) is 0 Å². The van der Waals surface area contributed by atoms with E-state index >= 15 is 0 Å². The highest BCUT2D eigenvalue weighted by atomic mass is 16.4. The lowest BCUT2D eigenvalue weighted by Gasteiger charge is -2.27. The molecule has 0 heterocycles. The Morgan fingerprint density at radius 2 is 1.06 bits per heavy atom. The fraction of sp³-hybridized carbons (Fsp3) is 0.488. The molecule has 0 unspecified atom stereocenters. The number of nitrogens with one attached hydrogen (secondary N) is 7. The third kappa shape index (κ3) is 18.6. The van der Waals surface area contributed by atoms with Gasteiger partial charge in [-0.2, -0.15) is 0 Å². The molecule has 2 aromatic carbocycles. The fourth-order valence-corrected chi connectivity index (χ4v) is 5.96. The van der Waals surface area contributed by atoms with Gasteiger partial charge < -0.3 is 74.2 Å². The topological polar surface area (TPSA) is 391 Å². The number of hydrogen-bond acceptors (Lipinski definition) is 14. The average Bonchev–Trinajstić information content (AvgIpc) is 3.23. The summed E-state index contributed by atoms with van der Waals surface area (Å²) in [7, 11) is 0. The summed E-state index contributed by atoms with van der Waals surface area (Å²) in [4.78, 5) is 116. The van der Waals surface area contributed by atoms with Gasteiger partial charge in [0.1, 0.15) is 54.3 Å². The van der Waals surface area contributed by atoms with Crippen molar-refractivity contribution in [1.82, 2.24) is 37.2 Å². The maximum atomic E-state index is 13.6. The predicted molar refractivity (Wildman–Crippen MR) is 227 cm³/mol. The first-order valence-electron chi connectivity index (χ1n) is 20.3. The summed E-state index contributed by atoms with van der Waals surface area (Å²) in [5.74, 6) is -10.3. The molecule has 16 N–H and O–H groups in total. The van der Waals surface area contributed by atoms with Crippen LogP contribution in [-0.2, 0) is 56.0 Å².